The molecule has 0 aliphatic heterocycles. The number of nitriles is 1. The van der Waals surface area contributed by atoms with Crippen LogP contribution in [0.4, 0.5) is 10.9 Å². The summed E-state index contributed by atoms with van der Waals surface area (Å²) >= 11 is 1.48. The van der Waals surface area contributed by atoms with E-state index in [0.717, 1.165) is 28.5 Å². The lowest BCUT2D eigenvalue weighted by molar-refractivity contribution is 0.648. The fraction of sp³-hybridized carbons (Fsp3) is 0.250. The van der Waals surface area contributed by atoms with E-state index >= 15 is 0 Å². The van der Waals surface area contributed by atoms with Gasteiger partial charge in [0.25, 0.3) is 0 Å². The molecule has 134 valence electrons. The van der Waals surface area contributed by atoms with Gasteiger partial charge in [0.1, 0.15) is 11.9 Å². The van der Waals surface area contributed by atoms with Gasteiger partial charge in [0.15, 0.2) is 5.13 Å². The third-order valence-electron chi connectivity index (χ3n) is 4.10. The maximum Gasteiger partial charge on any atom is 0.188 e. The molecule has 2 aromatic rings. The molecule has 3 N–H and O–H groups in total. The zero-order valence-electron chi connectivity index (χ0n) is 15.3. The normalized spacial score (nSPS) is 13.2. The van der Waals surface area contributed by atoms with E-state index in [1.54, 1.807) is 18.2 Å². The highest BCUT2D eigenvalue weighted by molar-refractivity contribution is 7.13. The molecule has 0 saturated carbocycles. The minimum absolute atomic E-state index is 0.343. The van der Waals surface area contributed by atoms with Crippen molar-refractivity contribution in [2.75, 3.05) is 5.32 Å². The minimum Gasteiger partial charge on any atom is -0.402 e. The Balaban J connectivity index is 2.18. The molecule has 2 aromatic heterocycles. The fourth-order valence-corrected chi connectivity index (χ4v) is 2.89. The number of hydrogen-bond donors (Lipinski definition) is 2. The molecule has 0 aromatic carbocycles. The number of aromatic nitrogens is 2. The summed E-state index contributed by atoms with van der Waals surface area (Å²) in [4.78, 5) is 8.96. The van der Waals surface area contributed by atoms with Gasteiger partial charge in [0.2, 0.25) is 0 Å². The van der Waals surface area contributed by atoms with Gasteiger partial charge in [-0.15, -0.1) is 11.3 Å². The van der Waals surface area contributed by atoms with Gasteiger partial charge in [-0.3, -0.25) is 0 Å². The van der Waals surface area contributed by atoms with Crippen LogP contribution in [0.3, 0.4) is 0 Å². The van der Waals surface area contributed by atoms with E-state index in [2.05, 4.69) is 41.8 Å². The molecule has 5 nitrogen and oxygen atoms in total. The second-order valence-corrected chi connectivity index (χ2v) is 6.76. The molecule has 2 heterocycles. The summed E-state index contributed by atoms with van der Waals surface area (Å²) in [5.41, 5.74) is 9.91. The molecular weight excluding hydrogens is 342 g/mol. The minimum atomic E-state index is 0.343. The van der Waals surface area contributed by atoms with Crippen molar-refractivity contribution in [3.05, 3.63) is 65.0 Å². The summed E-state index contributed by atoms with van der Waals surface area (Å²) in [7, 11) is 0. The van der Waals surface area contributed by atoms with E-state index in [-0.39, 0.29) is 0 Å². The molecule has 1 atom stereocenters. The number of nitrogens with two attached hydrogens (primary N) is 1. The number of allylic oxidation sites excluding steroid dienone is 5. The standard InChI is InChI=1S/C20H23N5S/c1-5-13(3)17(22)9-7-15(6-2)18-12-26-20(24-18)25-19-10-8-16(11-21)14(4)23-19/h6-10,12-13H,2,5,22H2,1,3-4H3,(H,23,24,25)/b15-7+,17-9+. The van der Waals surface area contributed by atoms with E-state index in [1.165, 1.54) is 11.3 Å². The van der Waals surface area contributed by atoms with Gasteiger partial charge in [0, 0.05) is 16.7 Å². The summed E-state index contributed by atoms with van der Waals surface area (Å²) < 4.78 is 0. The predicted octanol–water partition coefficient (Wildman–Crippen LogP) is 4.92. The molecule has 6 heteroatoms. The molecule has 0 saturated heterocycles. The first-order chi connectivity index (χ1) is 12.5. The van der Waals surface area contributed by atoms with Crippen LogP contribution in [0, 0.1) is 24.2 Å². The Kier molecular flexibility index (Phi) is 6.70. The molecule has 0 bridgehead atoms. The highest BCUT2D eigenvalue weighted by Gasteiger charge is 2.07. The number of anilines is 2. The van der Waals surface area contributed by atoms with E-state index in [4.69, 9.17) is 11.0 Å². The molecule has 0 aliphatic carbocycles. The van der Waals surface area contributed by atoms with E-state index in [9.17, 15) is 0 Å². The van der Waals surface area contributed by atoms with Crippen molar-refractivity contribution in [2.45, 2.75) is 27.2 Å². The lowest BCUT2D eigenvalue weighted by Gasteiger charge is -2.07. The van der Waals surface area contributed by atoms with Gasteiger partial charge < -0.3 is 11.1 Å². The fourth-order valence-electron chi connectivity index (χ4n) is 2.17. The van der Waals surface area contributed by atoms with Gasteiger partial charge in [-0.1, -0.05) is 32.6 Å². The van der Waals surface area contributed by atoms with Gasteiger partial charge in [-0.25, -0.2) is 9.97 Å². The third-order valence-corrected chi connectivity index (χ3v) is 4.86. The zero-order valence-corrected chi connectivity index (χ0v) is 16.1. The Morgan fingerprint density at radius 2 is 2.19 bits per heavy atom. The summed E-state index contributed by atoms with van der Waals surface area (Å²) in [5.74, 6) is 1.00. The molecule has 26 heavy (non-hydrogen) atoms. The van der Waals surface area contributed by atoms with Gasteiger partial charge in [-0.2, -0.15) is 5.26 Å². The Morgan fingerprint density at radius 1 is 1.42 bits per heavy atom. The SMILES string of the molecule is C=C/C(=C\C=C(\N)C(C)CC)c1csc(Nc2ccc(C#N)c(C)n2)n1. The summed E-state index contributed by atoms with van der Waals surface area (Å²) in [6, 6.07) is 5.63. The van der Waals surface area contributed by atoms with Gasteiger partial charge in [0.05, 0.1) is 17.0 Å². The highest BCUT2D eigenvalue weighted by atomic mass is 32.1. The second kappa shape index (κ2) is 8.97. The number of nitrogens with zero attached hydrogens (tertiary/aromatic N) is 3. The predicted molar refractivity (Wildman–Crippen MR) is 109 cm³/mol. The molecule has 0 amide bonds. The molecule has 0 fully saturated rings. The lowest BCUT2D eigenvalue weighted by Crippen LogP contribution is -2.06. The van der Waals surface area contributed by atoms with E-state index in [1.807, 2.05) is 24.5 Å². The van der Waals surface area contributed by atoms with Crippen LogP contribution >= 0.6 is 11.3 Å². The first kappa shape index (κ1) is 19.4. The van der Waals surface area contributed by atoms with Crippen molar-refractivity contribution < 1.29 is 0 Å². The average molecular weight is 366 g/mol. The number of rotatable bonds is 7. The van der Waals surface area contributed by atoms with Gasteiger partial charge in [-0.05, 0) is 37.5 Å². The summed E-state index contributed by atoms with van der Waals surface area (Å²) in [6.45, 7) is 9.89. The van der Waals surface area contributed by atoms with Crippen molar-refractivity contribution in [1.29, 1.82) is 5.26 Å². The average Bonchev–Trinajstić information content (AvgIpc) is 3.09. The zero-order chi connectivity index (χ0) is 19.1. The van der Waals surface area contributed by atoms with Crippen LogP contribution in [-0.2, 0) is 0 Å². The lowest BCUT2D eigenvalue weighted by atomic mass is 10.0. The molecular formula is C20H23N5S. The van der Waals surface area contributed by atoms with Crippen LogP contribution in [0.5, 0.6) is 0 Å². The smallest absolute Gasteiger partial charge is 0.188 e. The first-order valence-electron chi connectivity index (χ1n) is 8.38. The van der Waals surface area contributed by atoms with Crippen molar-refractivity contribution in [1.82, 2.24) is 9.97 Å². The quantitative estimate of drug-likeness (QED) is 0.680. The monoisotopic (exact) mass is 365 g/mol. The summed E-state index contributed by atoms with van der Waals surface area (Å²) in [5, 5.41) is 14.8. The van der Waals surface area contributed by atoms with Crippen LogP contribution < -0.4 is 11.1 Å². The first-order valence-corrected chi connectivity index (χ1v) is 9.26. The third kappa shape index (κ3) is 4.80. The van der Waals surface area contributed by atoms with Crippen LogP contribution in [-0.4, -0.2) is 9.97 Å². The van der Waals surface area contributed by atoms with Crippen molar-refractivity contribution >= 4 is 27.9 Å². The second-order valence-electron chi connectivity index (χ2n) is 5.91. The molecule has 0 spiro atoms. The molecule has 0 aliphatic rings. The number of aryl methyl sites for hydroxylation is 1. The topological polar surface area (TPSA) is 87.6 Å². The van der Waals surface area contributed by atoms with Crippen molar-refractivity contribution in [3.8, 4) is 6.07 Å². The Bertz CT molecular complexity index is 886. The van der Waals surface area contributed by atoms with Crippen LogP contribution in [0.15, 0.2) is 48.0 Å². The molecule has 2 rings (SSSR count). The van der Waals surface area contributed by atoms with Crippen LogP contribution in [0.25, 0.3) is 5.57 Å². The van der Waals surface area contributed by atoms with Gasteiger partial charge >= 0.3 is 0 Å². The number of nitrogens with one attached hydrogen (secondary N) is 1. The number of hydrogen-bond acceptors (Lipinski definition) is 6. The van der Waals surface area contributed by atoms with Crippen molar-refractivity contribution in [2.24, 2.45) is 11.7 Å². The Labute approximate surface area is 158 Å². The van der Waals surface area contributed by atoms with E-state index in [0.29, 0.717) is 23.0 Å². The molecule has 1 unspecified atom stereocenters. The largest absolute Gasteiger partial charge is 0.402 e. The molecule has 0 radical (unpaired) electrons. The maximum atomic E-state index is 8.98. The Morgan fingerprint density at radius 3 is 2.81 bits per heavy atom. The summed E-state index contributed by atoms with van der Waals surface area (Å²) in [6.07, 6.45) is 6.63. The highest BCUT2D eigenvalue weighted by Crippen LogP contribution is 2.25. The van der Waals surface area contributed by atoms with Crippen LogP contribution in [0.1, 0.15) is 37.2 Å². The Hall–Kier alpha value is -2.91. The van der Waals surface area contributed by atoms with Crippen molar-refractivity contribution in [3.63, 3.8) is 0 Å². The van der Waals surface area contributed by atoms with E-state index < -0.39 is 0 Å². The maximum absolute atomic E-state index is 8.98. The number of thiazole rings is 1. The number of pyridine rings is 1. The van der Waals surface area contributed by atoms with Crippen LogP contribution in [0.2, 0.25) is 0 Å².